The molecule has 1 aromatic rings. The summed E-state index contributed by atoms with van der Waals surface area (Å²) in [7, 11) is -0.270. The molecule has 0 spiro atoms. The molecule has 13 heavy (non-hydrogen) atoms. The Balaban J connectivity index is 2.92. The van der Waals surface area contributed by atoms with Crippen LogP contribution in [0.3, 0.4) is 0 Å². The Bertz CT molecular complexity index is 278. The van der Waals surface area contributed by atoms with E-state index in [1.165, 1.54) is 5.56 Å². The maximum Gasteiger partial charge on any atom is 0.504 e. The van der Waals surface area contributed by atoms with Gasteiger partial charge in [0.05, 0.1) is 0 Å². The van der Waals surface area contributed by atoms with Crippen LogP contribution in [0.5, 0.6) is 5.75 Å². The third-order valence-corrected chi connectivity index (χ3v) is 1.93. The second-order valence-electron chi connectivity index (χ2n) is 4.05. The molecule has 0 amide bonds. The van der Waals surface area contributed by atoms with Gasteiger partial charge in [-0.15, -0.1) is 0 Å². The van der Waals surface area contributed by atoms with Gasteiger partial charge in [-0.3, -0.25) is 0 Å². The predicted molar refractivity (Wildman–Crippen MR) is 55.1 cm³/mol. The SMILES string of the molecule is CC(C)(C)c1cccc(OBO)c1. The molecule has 2 nitrogen and oxygen atoms in total. The second kappa shape index (κ2) is 3.84. The molecule has 70 valence electrons. The maximum absolute atomic E-state index is 8.59. The molecule has 1 aromatic carbocycles. The van der Waals surface area contributed by atoms with Gasteiger partial charge in [0.25, 0.3) is 0 Å². The van der Waals surface area contributed by atoms with Gasteiger partial charge in [0.15, 0.2) is 0 Å². The zero-order chi connectivity index (χ0) is 9.90. The first-order chi connectivity index (χ1) is 6.04. The Hall–Kier alpha value is -0.955. The molecule has 0 saturated carbocycles. The molecule has 0 fully saturated rings. The van der Waals surface area contributed by atoms with E-state index in [9.17, 15) is 0 Å². The molecule has 0 atom stereocenters. The standard InChI is InChI=1S/C10H15BO2/c1-10(2,3)8-5-4-6-9(7-8)13-11-12/h4-7,11-12H,1-3H3. The molecule has 3 heteroatoms. The Labute approximate surface area is 79.9 Å². The lowest BCUT2D eigenvalue weighted by Gasteiger charge is -2.19. The molecule has 0 unspecified atom stereocenters. The molecule has 0 aliphatic heterocycles. The molecular weight excluding hydrogens is 163 g/mol. The maximum atomic E-state index is 8.59. The first kappa shape index (κ1) is 10.1. The molecular formula is C10H15BO2. The summed E-state index contributed by atoms with van der Waals surface area (Å²) in [5, 5.41) is 8.59. The van der Waals surface area contributed by atoms with Gasteiger partial charge < -0.3 is 9.68 Å². The van der Waals surface area contributed by atoms with E-state index in [1.807, 2.05) is 18.2 Å². The molecule has 0 bridgehead atoms. The Morgan fingerprint density at radius 3 is 2.54 bits per heavy atom. The van der Waals surface area contributed by atoms with Gasteiger partial charge in [0.1, 0.15) is 5.75 Å². The fourth-order valence-electron chi connectivity index (χ4n) is 1.13. The van der Waals surface area contributed by atoms with E-state index in [1.54, 1.807) is 0 Å². The van der Waals surface area contributed by atoms with Gasteiger partial charge in [-0.25, -0.2) is 0 Å². The van der Waals surface area contributed by atoms with Crippen molar-refractivity contribution in [1.82, 2.24) is 0 Å². The molecule has 1 N–H and O–H groups in total. The summed E-state index contributed by atoms with van der Waals surface area (Å²) in [6.07, 6.45) is 0. The molecule has 0 aliphatic carbocycles. The smallest absolute Gasteiger partial charge is 0.504 e. The van der Waals surface area contributed by atoms with Crippen LogP contribution in [0.15, 0.2) is 24.3 Å². The number of benzene rings is 1. The van der Waals surface area contributed by atoms with Crippen molar-refractivity contribution in [1.29, 1.82) is 0 Å². The van der Waals surface area contributed by atoms with E-state index in [2.05, 4.69) is 26.8 Å². The normalized spacial score (nSPS) is 11.1. The molecule has 0 aromatic heterocycles. The Morgan fingerprint density at radius 2 is 2.00 bits per heavy atom. The highest BCUT2D eigenvalue weighted by atomic mass is 16.5. The van der Waals surface area contributed by atoms with Gasteiger partial charge in [-0.1, -0.05) is 32.9 Å². The number of rotatable bonds is 2. The van der Waals surface area contributed by atoms with Crippen LogP contribution < -0.4 is 4.65 Å². The quantitative estimate of drug-likeness (QED) is 0.697. The first-order valence-electron chi connectivity index (χ1n) is 4.38. The third kappa shape index (κ3) is 2.78. The number of hydrogen-bond donors (Lipinski definition) is 1. The van der Waals surface area contributed by atoms with E-state index in [0.717, 1.165) is 5.75 Å². The van der Waals surface area contributed by atoms with Crippen LogP contribution in [0.1, 0.15) is 26.3 Å². The fraction of sp³-hybridized carbons (Fsp3) is 0.400. The third-order valence-electron chi connectivity index (χ3n) is 1.93. The van der Waals surface area contributed by atoms with Crippen LogP contribution in [0.2, 0.25) is 0 Å². The first-order valence-corrected chi connectivity index (χ1v) is 4.38. The summed E-state index contributed by atoms with van der Waals surface area (Å²) in [5.74, 6) is 0.718. The highest BCUT2D eigenvalue weighted by Crippen LogP contribution is 2.25. The summed E-state index contributed by atoms with van der Waals surface area (Å²) in [4.78, 5) is 0. The molecule has 0 radical (unpaired) electrons. The summed E-state index contributed by atoms with van der Waals surface area (Å²) >= 11 is 0. The van der Waals surface area contributed by atoms with Crippen molar-refractivity contribution in [2.75, 3.05) is 0 Å². The second-order valence-corrected chi connectivity index (χ2v) is 4.05. The van der Waals surface area contributed by atoms with E-state index in [-0.39, 0.29) is 13.1 Å². The van der Waals surface area contributed by atoms with Gasteiger partial charge in [-0.2, -0.15) is 0 Å². The average Bonchev–Trinajstić information content (AvgIpc) is 2.04. The summed E-state index contributed by atoms with van der Waals surface area (Å²) in [6, 6.07) is 7.79. The zero-order valence-electron chi connectivity index (χ0n) is 8.37. The van der Waals surface area contributed by atoms with Crippen molar-refractivity contribution in [3.63, 3.8) is 0 Å². The lowest BCUT2D eigenvalue weighted by molar-refractivity contribution is 0.452. The van der Waals surface area contributed by atoms with E-state index in [4.69, 9.17) is 9.68 Å². The van der Waals surface area contributed by atoms with Crippen molar-refractivity contribution >= 4 is 7.69 Å². The van der Waals surface area contributed by atoms with Crippen molar-refractivity contribution in [3.05, 3.63) is 29.8 Å². The van der Waals surface area contributed by atoms with Crippen LogP contribution in [-0.4, -0.2) is 12.7 Å². The van der Waals surface area contributed by atoms with Crippen LogP contribution in [0.25, 0.3) is 0 Å². The van der Waals surface area contributed by atoms with Crippen LogP contribution in [-0.2, 0) is 5.41 Å². The monoisotopic (exact) mass is 178 g/mol. The van der Waals surface area contributed by atoms with Gasteiger partial charge in [-0.05, 0) is 23.1 Å². The van der Waals surface area contributed by atoms with E-state index in [0.29, 0.717) is 0 Å². The van der Waals surface area contributed by atoms with Crippen molar-refractivity contribution in [2.24, 2.45) is 0 Å². The fourth-order valence-corrected chi connectivity index (χ4v) is 1.13. The largest absolute Gasteiger partial charge is 0.539 e. The van der Waals surface area contributed by atoms with E-state index >= 15 is 0 Å². The minimum atomic E-state index is -0.270. The summed E-state index contributed by atoms with van der Waals surface area (Å²) < 4.78 is 5.00. The van der Waals surface area contributed by atoms with Gasteiger partial charge in [0.2, 0.25) is 0 Å². The Kier molecular flexibility index (Phi) is 2.99. The predicted octanol–water partition coefficient (Wildman–Crippen LogP) is 1.62. The molecule has 0 aliphatic rings. The molecule has 0 heterocycles. The van der Waals surface area contributed by atoms with Crippen LogP contribution in [0.4, 0.5) is 0 Å². The van der Waals surface area contributed by atoms with Crippen LogP contribution >= 0.6 is 0 Å². The molecule has 1 rings (SSSR count). The zero-order valence-corrected chi connectivity index (χ0v) is 8.37. The van der Waals surface area contributed by atoms with Crippen LogP contribution in [0, 0.1) is 0 Å². The van der Waals surface area contributed by atoms with E-state index < -0.39 is 0 Å². The number of hydrogen-bond acceptors (Lipinski definition) is 2. The lowest BCUT2D eigenvalue weighted by Crippen LogP contribution is -2.11. The van der Waals surface area contributed by atoms with Crippen molar-refractivity contribution < 1.29 is 9.68 Å². The summed E-state index contributed by atoms with van der Waals surface area (Å²) in [6.45, 7) is 6.43. The molecule has 0 saturated heterocycles. The minimum Gasteiger partial charge on any atom is -0.539 e. The highest BCUT2D eigenvalue weighted by Gasteiger charge is 2.13. The van der Waals surface area contributed by atoms with Crippen molar-refractivity contribution in [2.45, 2.75) is 26.2 Å². The average molecular weight is 178 g/mol. The summed E-state index contributed by atoms with van der Waals surface area (Å²) in [5.41, 5.74) is 1.33. The van der Waals surface area contributed by atoms with Gasteiger partial charge >= 0.3 is 7.69 Å². The Morgan fingerprint density at radius 1 is 1.31 bits per heavy atom. The lowest BCUT2D eigenvalue weighted by atomic mass is 9.87. The van der Waals surface area contributed by atoms with Crippen molar-refractivity contribution in [3.8, 4) is 5.75 Å². The van der Waals surface area contributed by atoms with Gasteiger partial charge in [0, 0.05) is 0 Å². The topological polar surface area (TPSA) is 29.5 Å². The minimum absolute atomic E-state index is 0.120. The highest BCUT2D eigenvalue weighted by molar-refractivity contribution is 6.17.